The number of rotatable bonds is 5. The predicted molar refractivity (Wildman–Crippen MR) is 144 cm³/mol. The number of fused-ring (bicyclic) bond motifs is 6. The van der Waals surface area contributed by atoms with Crippen molar-refractivity contribution in [1.82, 2.24) is 15.3 Å². The van der Waals surface area contributed by atoms with Gasteiger partial charge in [-0.3, -0.25) is 4.79 Å². The first-order valence-electron chi connectivity index (χ1n) is 12.6. The third kappa shape index (κ3) is 7.61. The molecule has 1 unspecified atom stereocenters. The number of anilines is 2. The highest BCUT2D eigenvalue weighted by atomic mass is 32.2. The molecule has 3 aromatic rings. The Balaban J connectivity index is 1.66. The van der Waals surface area contributed by atoms with Gasteiger partial charge in [0.05, 0.1) is 24.9 Å². The minimum atomic E-state index is -4.60. The van der Waals surface area contributed by atoms with Gasteiger partial charge < -0.3 is 19.5 Å². The van der Waals surface area contributed by atoms with Crippen LogP contribution in [0.5, 0.6) is 0 Å². The van der Waals surface area contributed by atoms with Crippen molar-refractivity contribution in [2.45, 2.75) is 36.9 Å². The maximum Gasteiger partial charge on any atom is 0.418 e. The zero-order chi connectivity index (χ0) is 27.8. The molecular weight excluding hydrogens is 531 g/mol. The fraction of sp³-hybridized carbons (Fsp3) is 0.370. The van der Waals surface area contributed by atoms with E-state index < -0.39 is 23.1 Å². The number of esters is 1. The Morgan fingerprint density at radius 3 is 2.72 bits per heavy atom. The maximum atomic E-state index is 13.9. The van der Waals surface area contributed by atoms with Crippen LogP contribution in [0.15, 0.2) is 59.6 Å². The lowest BCUT2D eigenvalue weighted by Gasteiger charge is -2.24. The number of carbonyl (C=O) groups excluding carboxylic acids is 1. The second-order valence-corrected chi connectivity index (χ2v) is 10.2. The highest BCUT2D eigenvalue weighted by Crippen LogP contribution is 2.38. The van der Waals surface area contributed by atoms with E-state index in [1.807, 2.05) is 18.2 Å². The Morgan fingerprint density at radius 1 is 1.10 bits per heavy atom. The molecular formula is C27H30F3N5O3S. The van der Waals surface area contributed by atoms with E-state index in [0.29, 0.717) is 37.4 Å². The molecule has 0 amide bonds. The van der Waals surface area contributed by atoms with Crippen molar-refractivity contribution < 1.29 is 27.3 Å². The van der Waals surface area contributed by atoms with Crippen LogP contribution in [0, 0.1) is 0 Å². The lowest BCUT2D eigenvalue weighted by Crippen LogP contribution is -2.36. The molecule has 2 N–H and O–H groups in total. The molecule has 4 bridgehead atoms. The van der Waals surface area contributed by atoms with E-state index in [1.165, 1.54) is 13.2 Å². The normalized spacial score (nSPS) is 16.2. The smallest absolute Gasteiger partial charge is 0.418 e. The van der Waals surface area contributed by atoms with Gasteiger partial charge in [0.15, 0.2) is 5.82 Å². The van der Waals surface area contributed by atoms with E-state index >= 15 is 0 Å². The molecule has 208 valence electrons. The molecule has 0 saturated heterocycles. The van der Waals surface area contributed by atoms with Gasteiger partial charge >= 0.3 is 12.1 Å². The first kappa shape index (κ1) is 28.7. The Hall–Kier alpha value is -3.35. The number of carbonyl (C=O) groups is 1. The minimum Gasteiger partial charge on any atom is -0.587 e. The number of aromatic nitrogens is 2. The second-order valence-electron chi connectivity index (χ2n) is 9.00. The summed E-state index contributed by atoms with van der Waals surface area (Å²) < 4.78 is 62.3. The summed E-state index contributed by atoms with van der Waals surface area (Å²) >= 11 is -1.87. The van der Waals surface area contributed by atoms with Crippen molar-refractivity contribution in [3.05, 3.63) is 65.7 Å². The van der Waals surface area contributed by atoms with Crippen LogP contribution >= 0.6 is 0 Å². The summed E-state index contributed by atoms with van der Waals surface area (Å²) in [5, 5.41) is 3.26. The van der Waals surface area contributed by atoms with Crippen LogP contribution in [0.25, 0.3) is 11.3 Å². The molecule has 0 radical (unpaired) electrons. The first-order chi connectivity index (χ1) is 18.8. The number of benzene rings is 1. The number of alkyl halides is 3. The molecule has 12 heteroatoms. The zero-order valence-electron chi connectivity index (χ0n) is 21.5. The van der Waals surface area contributed by atoms with Crippen molar-refractivity contribution >= 4 is 29.0 Å². The summed E-state index contributed by atoms with van der Waals surface area (Å²) in [5.41, 5.74) is 0.143. The quantitative estimate of drug-likeness (QED) is 0.265. The third-order valence-electron chi connectivity index (χ3n) is 6.32. The SMILES string of the molecule is COC(=O)CNCCN1CCCCCc2ccccc2-c2nc(ccc2C(F)(F)F)N[S+]([O-])c2cccc1n2. The topological polar surface area (TPSA) is 102 Å². The van der Waals surface area contributed by atoms with Crippen LogP contribution in [0.2, 0.25) is 0 Å². The largest absolute Gasteiger partial charge is 0.587 e. The number of nitrogens with zero attached hydrogens (tertiary/aromatic N) is 3. The summed E-state index contributed by atoms with van der Waals surface area (Å²) in [7, 11) is 1.33. The van der Waals surface area contributed by atoms with Gasteiger partial charge in [-0.2, -0.15) is 22.9 Å². The van der Waals surface area contributed by atoms with Crippen LogP contribution in [0.1, 0.15) is 30.4 Å². The molecule has 1 aliphatic rings. The van der Waals surface area contributed by atoms with Crippen LogP contribution in [0.4, 0.5) is 24.8 Å². The van der Waals surface area contributed by atoms with Crippen LogP contribution in [0.3, 0.4) is 0 Å². The summed E-state index contributed by atoms with van der Waals surface area (Å²) in [4.78, 5) is 22.3. The Labute approximate surface area is 228 Å². The number of methoxy groups -OCH3 is 1. The highest BCUT2D eigenvalue weighted by Gasteiger charge is 2.35. The number of aryl methyl sites for hydroxylation is 1. The van der Waals surface area contributed by atoms with Crippen LogP contribution < -0.4 is 14.9 Å². The van der Waals surface area contributed by atoms with Gasteiger partial charge in [-0.05, 0) is 43.0 Å². The van der Waals surface area contributed by atoms with E-state index in [-0.39, 0.29) is 29.1 Å². The zero-order valence-corrected chi connectivity index (χ0v) is 22.3. The van der Waals surface area contributed by atoms with Crippen molar-refractivity contribution in [2.24, 2.45) is 0 Å². The van der Waals surface area contributed by atoms with Gasteiger partial charge in [0, 0.05) is 31.3 Å². The van der Waals surface area contributed by atoms with Crippen molar-refractivity contribution in [1.29, 1.82) is 0 Å². The average Bonchev–Trinajstić information content (AvgIpc) is 2.93. The first-order valence-corrected chi connectivity index (χ1v) is 13.8. The van der Waals surface area contributed by atoms with E-state index in [1.54, 1.807) is 24.3 Å². The number of halogens is 3. The fourth-order valence-corrected chi connectivity index (χ4v) is 5.15. The van der Waals surface area contributed by atoms with E-state index in [9.17, 15) is 22.5 Å². The monoisotopic (exact) mass is 561 g/mol. The molecule has 0 aliphatic carbocycles. The van der Waals surface area contributed by atoms with Gasteiger partial charge in [0.25, 0.3) is 5.03 Å². The number of nitrogens with one attached hydrogen (secondary N) is 2. The van der Waals surface area contributed by atoms with Crippen molar-refractivity contribution in [3.63, 3.8) is 0 Å². The molecule has 1 aliphatic heterocycles. The van der Waals surface area contributed by atoms with Crippen molar-refractivity contribution in [2.75, 3.05) is 42.9 Å². The summed E-state index contributed by atoms with van der Waals surface area (Å²) in [6.07, 6.45) is -1.57. The molecule has 4 rings (SSSR count). The third-order valence-corrected chi connectivity index (χ3v) is 7.32. The molecule has 3 heterocycles. The number of ether oxygens (including phenoxy) is 1. The lowest BCUT2D eigenvalue weighted by atomic mass is 9.96. The van der Waals surface area contributed by atoms with Gasteiger partial charge in [0.2, 0.25) is 0 Å². The van der Waals surface area contributed by atoms with E-state index in [4.69, 9.17) is 0 Å². The summed E-state index contributed by atoms with van der Waals surface area (Å²) in [6.45, 7) is 1.82. The van der Waals surface area contributed by atoms with Gasteiger partial charge in [-0.25, -0.2) is 4.98 Å². The number of hydrogen-bond donors (Lipinski definition) is 2. The molecule has 2 aromatic heterocycles. The predicted octanol–water partition coefficient (Wildman–Crippen LogP) is 4.59. The molecule has 1 atom stereocenters. The Kier molecular flexibility index (Phi) is 9.65. The Morgan fingerprint density at radius 2 is 1.92 bits per heavy atom. The fourth-order valence-electron chi connectivity index (χ4n) is 4.36. The summed E-state index contributed by atoms with van der Waals surface area (Å²) in [6, 6.07) is 14.3. The highest BCUT2D eigenvalue weighted by molar-refractivity contribution is 7.92. The minimum absolute atomic E-state index is 0.0503. The Bertz CT molecular complexity index is 1280. The average molecular weight is 562 g/mol. The van der Waals surface area contributed by atoms with Crippen molar-refractivity contribution in [3.8, 4) is 11.3 Å². The lowest BCUT2D eigenvalue weighted by molar-refractivity contribution is -0.139. The summed E-state index contributed by atoms with van der Waals surface area (Å²) in [5.74, 6) is 0.306. The van der Waals surface area contributed by atoms with Gasteiger partial charge in [0.1, 0.15) is 17.2 Å². The molecule has 0 saturated carbocycles. The molecule has 0 spiro atoms. The standard InChI is InChI=1S/C27H30F3N5O3S/c1-38-25(36)18-31-15-17-35-16-6-2-3-8-19-9-4-5-10-20(19)26-21(27(28,29)30)13-14-22(32-26)34-39(37)24-12-7-11-23(35)33-24/h4-5,7,9-14,31H,2-3,6,8,15-18H2,1H3,(H,32,34). The van der Waals surface area contributed by atoms with E-state index in [0.717, 1.165) is 30.9 Å². The second kappa shape index (κ2) is 13.1. The maximum absolute atomic E-state index is 13.9. The number of pyridine rings is 2. The molecule has 39 heavy (non-hydrogen) atoms. The van der Waals surface area contributed by atoms with Crippen LogP contribution in [-0.2, 0) is 33.5 Å². The van der Waals surface area contributed by atoms with Gasteiger partial charge in [-0.1, -0.05) is 36.8 Å². The van der Waals surface area contributed by atoms with E-state index in [2.05, 4.69) is 29.6 Å². The number of hydrogen-bond acceptors (Lipinski definition) is 8. The van der Waals surface area contributed by atoms with Crippen LogP contribution in [-0.4, -0.2) is 53.8 Å². The van der Waals surface area contributed by atoms with Gasteiger partial charge in [-0.15, -0.1) is 0 Å². The molecule has 0 fully saturated rings. The molecule has 1 aromatic carbocycles. The molecule has 8 nitrogen and oxygen atoms in total.